The highest BCUT2D eigenvalue weighted by Crippen LogP contribution is 2.27. The van der Waals surface area contributed by atoms with Crippen molar-refractivity contribution in [2.45, 2.75) is 23.4 Å². The molecule has 0 fully saturated rings. The third kappa shape index (κ3) is 2.84. The molecule has 0 saturated heterocycles. The monoisotopic (exact) mass is 320 g/mol. The number of hydrogen-bond acceptors (Lipinski definition) is 5. The molecule has 5 nitrogen and oxygen atoms in total. The SMILES string of the molecule is CCc1cc(CS(=O)c2nc3ccc(N)cc3s2)n(C)n1. The van der Waals surface area contributed by atoms with E-state index in [0.717, 1.165) is 28.0 Å². The van der Waals surface area contributed by atoms with Gasteiger partial charge in [-0.15, -0.1) is 11.3 Å². The van der Waals surface area contributed by atoms with Crippen LogP contribution in [0.5, 0.6) is 0 Å². The zero-order chi connectivity index (χ0) is 15.0. The predicted octanol–water partition coefficient (Wildman–Crippen LogP) is 2.48. The molecule has 1 unspecified atom stereocenters. The molecule has 2 heterocycles. The lowest BCUT2D eigenvalue weighted by Gasteiger charge is -1.99. The average Bonchev–Trinajstić information content (AvgIpc) is 3.02. The Kier molecular flexibility index (Phi) is 3.77. The van der Waals surface area contributed by atoms with Crippen molar-refractivity contribution in [2.75, 3.05) is 5.73 Å². The summed E-state index contributed by atoms with van der Waals surface area (Å²) in [6.45, 7) is 2.06. The Labute approximate surface area is 129 Å². The smallest absolute Gasteiger partial charge is 0.182 e. The van der Waals surface area contributed by atoms with Gasteiger partial charge in [0.25, 0.3) is 0 Å². The van der Waals surface area contributed by atoms with Gasteiger partial charge in [0.15, 0.2) is 4.34 Å². The van der Waals surface area contributed by atoms with Crippen LogP contribution in [-0.2, 0) is 30.0 Å². The molecule has 0 saturated carbocycles. The summed E-state index contributed by atoms with van der Waals surface area (Å²) in [5.74, 6) is 0.429. The summed E-state index contributed by atoms with van der Waals surface area (Å²) in [5.41, 5.74) is 9.28. The molecule has 1 aromatic carbocycles. The van der Waals surface area contributed by atoms with E-state index in [4.69, 9.17) is 5.73 Å². The second kappa shape index (κ2) is 5.57. The van der Waals surface area contributed by atoms with Crippen LogP contribution in [0.15, 0.2) is 28.6 Å². The molecule has 0 bridgehead atoms. The van der Waals surface area contributed by atoms with Gasteiger partial charge in [-0.3, -0.25) is 8.89 Å². The number of aryl methyl sites for hydroxylation is 2. The quantitative estimate of drug-likeness (QED) is 0.750. The summed E-state index contributed by atoms with van der Waals surface area (Å²) in [7, 11) is 0.713. The first-order valence-corrected chi connectivity index (χ1v) is 8.76. The summed E-state index contributed by atoms with van der Waals surface area (Å²) >= 11 is 1.44. The first kappa shape index (κ1) is 14.2. The average molecular weight is 320 g/mol. The summed E-state index contributed by atoms with van der Waals surface area (Å²) in [6.07, 6.45) is 0.876. The molecule has 3 aromatic rings. The lowest BCUT2D eigenvalue weighted by atomic mass is 10.3. The van der Waals surface area contributed by atoms with Crippen molar-refractivity contribution in [2.24, 2.45) is 7.05 Å². The van der Waals surface area contributed by atoms with E-state index in [1.807, 2.05) is 31.3 Å². The van der Waals surface area contributed by atoms with E-state index >= 15 is 0 Å². The number of nitrogens with zero attached hydrogens (tertiary/aromatic N) is 3. The van der Waals surface area contributed by atoms with E-state index < -0.39 is 10.8 Å². The number of hydrogen-bond donors (Lipinski definition) is 1. The van der Waals surface area contributed by atoms with Crippen molar-refractivity contribution in [1.29, 1.82) is 0 Å². The van der Waals surface area contributed by atoms with Gasteiger partial charge in [0, 0.05) is 12.7 Å². The zero-order valence-corrected chi connectivity index (χ0v) is 13.5. The molecule has 7 heteroatoms. The molecule has 1 atom stereocenters. The van der Waals surface area contributed by atoms with Crippen LogP contribution >= 0.6 is 11.3 Å². The van der Waals surface area contributed by atoms with Gasteiger partial charge in [0.05, 0.1) is 38.2 Å². The summed E-state index contributed by atoms with van der Waals surface area (Å²) in [6, 6.07) is 7.54. The second-order valence-electron chi connectivity index (χ2n) is 4.80. The Hall–Kier alpha value is -1.73. The van der Waals surface area contributed by atoms with E-state index in [2.05, 4.69) is 17.0 Å². The molecule has 0 amide bonds. The van der Waals surface area contributed by atoms with E-state index in [1.165, 1.54) is 11.3 Å². The van der Waals surface area contributed by atoms with Gasteiger partial charge in [-0.1, -0.05) is 6.92 Å². The number of benzene rings is 1. The van der Waals surface area contributed by atoms with Crippen LogP contribution in [0, 0.1) is 0 Å². The zero-order valence-electron chi connectivity index (χ0n) is 11.9. The Morgan fingerprint density at radius 2 is 2.19 bits per heavy atom. The summed E-state index contributed by atoms with van der Waals surface area (Å²) in [4.78, 5) is 4.44. The third-order valence-electron chi connectivity index (χ3n) is 3.26. The molecular weight excluding hydrogens is 304 g/mol. The van der Waals surface area contributed by atoms with Crippen LogP contribution in [0.3, 0.4) is 0 Å². The van der Waals surface area contributed by atoms with E-state index in [-0.39, 0.29) is 0 Å². The fourth-order valence-electron chi connectivity index (χ4n) is 2.09. The number of nitrogen functional groups attached to an aromatic ring is 1. The minimum absolute atomic E-state index is 0.429. The maximum atomic E-state index is 12.5. The van der Waals surface area contributed by atoms with Gasteiger partial charge in [0.2, 0.25) is 0 Å². The Bertz CT molecular complexity index is 822. The molecule has 110 valence electrons. The fourth-order valence-corrected chi connectivity index (χ4v) is 4.52. The first-order valence-electron chi connectivity index (χ1n) is 6.63. The molecular formula is C14H16N4OS2. The number of nitrogens with two attached hydrogens (primary N) is 1. The van der Waals surface area contributed by atoms with Crippen LogP contribution in [0.2, 0.25) is 0 Å². The topological polar surface area (TPSA) is 73.8 Å². The van der Waals surface area contributed by atoms with Crippen LogP contribution in [0.1, 0.15) is 18.3 Å². The molecule has 0 spiro atoms. The maximum Gasteiger partial charge on any atom is 0.182 e. The van der Waals surface area contributed by atoms with Gasteiger partial charge in [-0.05, 0) is 30.7 Å². The van der Waals surface area contributed by atoms with Crippen molar-refractivity contribution in [3.63, 3.8) is 0 Å². The van der Waals surface area contributed by atoms with E-state index in [1.54, 1.807) is 4.68 Å². The molecule has 2 aromatic heterocycles. The minimum atomic E-state index is -1.17. The molecule has 0 radical (unpaired) electrons. The molecule has 0 aliphatic heterocycles. The lowest BCUT2D eigenvalue weighted by Crippen LogP contribution is -2.02. The first-order chi connectivity index (χ1) is 10.1. The molecule has 0 aliphatic rings. The van der Waals surface area contributed by atoms with Crippen molar-refractivity contribution >= 4 is 38.0 Å². The lowest BCUT2D eigenvalue weighted by molar-refractivity contribution is 0.675. The van der Waals surface area contributed by atoms with Crippen molar-refractivity contribution < 1.29 is 4.21 Å². The van der Waals surface area contributed by atoms with Crippen LogP contribution in [0.25, 0.3) is 10.2 Å². The van der Waals surface area contributed by atoms with Crippen molar-refractivity contribution in [3.05, 3.63) is 35.7 Å². The second-order valence-corrected chi connectivity index (χ2v) is 7.46. The molecule has 21 heavy (non-hydrogen) atoms. The van der Waals surface area contributed by atoms with Gasteiger partial charge >= 0.3 is 0 Å². The third-order valence-corrected chi connectivity index (χ3v) is 5.92. The van der Waals surface area contributed by atoms with E-state index in [0.29, 0.717) is 15.8 Å². The standard InChI is InChI=1S/C14H16N4OS2/c1-3-10-7-11(18(2)17-10)8-21(19)14-16-12-5-4-9(15)6-13(12)20-14/h4-7H,3,8,15H2,1-2H3. The minimum Gasteiger partial charge on any atom is -0.399 e. The molecule has 2 N–H and O–H groups in total. The van der Waals surface area contributed by atoms with Crippen LogP contribution in [0.4, 0.5) is 5.69 Å². The van der Waals surface area contributed by atoms with Gasteiger partial charge in [-0.2, -0.15) is 5.10 Å². The fraction of sp³-hybridized carbons (Fsp3) is 0.286. The number of fused-ring (bicyclic) bond motifs is 1. The number of anilines is 1. The van der Waals surface area contributed by atoms with Crippen molar-refractivity contribution in [1.82, 2.24) is 14.8 Å². The highest BCUT2D eigenvalue weighted by atomic mass is 32.2. The van der Waals surface area contributed by atoms with E-state index in [9.17, 15) is 4.21 Å². The van der Waals surface area contributed by atoms with Gasteiger partial charge in [0.1, 0.15) is 0 Å². The number of rotatable bonds is 4. The van der Waals surface area contributed by atoms with Gasteiger partial charge in [-0.25, -0.2) is 4.98 Å². The highest BCUT2D eigenvalue weighted by molar-refractivity contribution is 7.86. The highest BCUT2D eigenvalue weighted by Gasteiger charge is 2.14. The summed E-state index contributed by atoms with van der Waals surface area (Å²) < 4.78 is 15.9. The Morgan fingerprint density at radius 3 is 2.90 bits per heavy atom. The van der Waals surface area contributed by atoms with Crippen LogP contribution in [-0.4, -0.2) is 19.0 Å². The number of thiazole rings is 1. The molecule has 0 aliphatic carbocycles. The maximum absolute atomic E-state index is 12.5. The van der Waals surface area contributed by atoms with Crippen LogP contribution < -0.4 is 5.73 Å². The largest absolute Gasteiger partial charge is 0.399 e. The van der Waals surface area contributed by atoms with Gasteiger partial charge < -0.3 is 5.73 Å². The Morgan fingerprint density at radius 1 is 1.38 bits per heavy atom. The van der Waals surface area contributed by atoms with Crippen molar-refractivity contribution in [3.8, 4) is 0 Å². The molecule has 3 rings (SSSR count). The Balaban J connectivity index is 1.87. The summed E-state index contributed by atoms with van der Waals surface area (Å²) in [5, 5.41) is 4.38. The predicted molar refractivity (Wildman–Crippen MR) is 86.7 cm³/mol. The number of aromatic nitrogens is 3. The normalized spacial score (nSPS) is 12.9.